The molecule has 4 bridgehead atoms. The summed E-state index contributed by atoms with van der Waals surface area (Å²) in [6.45, 7) is 0. The van der Waals surface area contributed by atoms with Crippen molar-refractivity contribution >= 4 is 23.8 Å². The minimum absolute atomic E-state index is 0.161. The molecule has 0 spiro atoms. The van der Waals surface area contributed by atoms with Gasteiger partial charge in [0.1, 0.15) is 6.04 Å². The highest BCUT2D eigenvalue weighted by atomic mass is 16.5. The summed E-state index contributed by atoms with van der Waals surface area (Å²) in [5, 5.41) is 12.1. The fourth-order valence-electron chi connectivity index (χ4n) is 5.84. The third-order valence-corrected chi connectivity index (χ3v) is 6.67. The van der Waals surface area contributed by atoms with Gasteiger partial charge in [-0.25, -0.2) is 4.79 Å². The molecule has 0 aromatic rings. The number of nitrogens with one attached hydrogen (secondary N) is 1. The Morgan fingerprint density at radius 3 is 2.24 bits per heavy atom. The molecule has 4 fully saturated rings. The van der Waals surface area contributed by atoms with Gasteiger partial charge in [-0.1, -0.05) is 5.92 Å². The van der Waals surface area contributed by atoms with Crippen molar-refractivity contribution in [1.29, 1.82) is 0 Å². The summed E-state index contributed by atoms with van der Waals surface area (Å²) in [5.41, 5.74) is -1.37. The number of hydrogen-bond acceptors (Lipinski definition) is 5. The Kier molecular flexibility index (Phi) is 5.61. The molecule has 2 amide bonds. The van der Waals surface area contributed by atoms with Crippen LogP contribution in [0.15, 0.2) is 0 Å². The molecule has 158 valence electrons. The van der Waals surface area contributed by atoms with E-state index in [2.05, 4.69) is 17.2 Å². The van der Waals surface area contributed by atoms with Gasteiger partial charge in [0.25, 0.3) is 5.91 Å². The molecule has 29 heavy (non-hydrogen) atoms. The summed E-state index contributed by atoms with van der Waals surface area (Å²) in [4.78, 5) is 50.2. The molecule has 3 atom stereocenters. The van der Waals surface area contributed by atoms with E-state index in [9.17, 15) is 24.3 Å². The molecule has 8 nitrogen and oxygen atoms in total. The van der Waals surface area contributed by atoms with Crippen LogP contribution < -0.4 is 5.32 Å². The highest BCUT2D eigenvalue weighted by Crippen LogP contribution is 2.65. The van der Waals surface area contributed by atoms with Crippen LogP contribution in [0.5, 0.6) is 0 Å². The smallest absolute Gasteiger partial charge is 0.327 e. The number of amides is 2. The lowest BCUT2D eigenvalue weighted by molar-refractivity contribution is -0.182. The van der Waals surface area contributed by atoms with Crippen molar-refractivity contribution in [2.24, 2.45) is 22.7 Å². The Labute approximate surface area is 170 Å². The van der Waals surface area contributed by atoms with E-state index in [0.717, 1.165) is 19.3 Å². The first-order valence-corrected chi connectivity index (χ1v) is 9.93. The second kappa shape index (κ2) is 7.69. The second-order valence-corrected chi connectivity index (χ2v) is 9.08. The number of carbonyl (C=O) groups is 4. The third kappa shape index (κ3) is 3.96. The highest BCUT2D eigenvalue weighted by Gasteiger charge is 2.63. The first-order chi connectivity index (χ1) is 13.6. The average molecular weight is 404 g/mol. The molecule has 0 radical (unpaired) electrons. The van der Waals surface area contributed by atoms with E-state index in [0.29, 0.717) is 19.3 Å². The van der Waals surface area contributed by atoms with Gasteiger partial charge in [0, 0.05) is 20.5 Å². The van der Waals surface area contributed by atoms with Crippen molar-refractivity contribution < 1.29 is 29.0 Å². The Balaban J connectivity index is 1.75. The minimum atomic E-state index is -1.20. The zero-order chi connectivity index (χ0) is 21.4. The molecule has 8 heteroatoms. The van der Waals surface area contributed by atoms with E-state index in [-0.39, 0.29) is 30.1 Å². The lowest BCUT2D eigenvalue weighted by Crippen LogP contribution is -2.61. The zero-order valence-corrected chi connectivity index (χ0v) is 17.1. The van der Waals surface area contributed by atoms with Gasteiger partial charge in [-0.15, -0.1) is 0 Å². The number of methoxy groups -OCH3 is 1. The zero-order valence-electron chi connectivity index (χ0n) is 17.1. The van der Waals surface area contributed by atoms with Crippen LogP contribution in [0.3, 0.4) is 0 Å². The van der Waals surface area contributed by atoms with Gasteiger partial charge in [-0.2, -0.15) is 0 Å². The van der Waals surface area contributed by atoms with Crippen LogP contribution in [-0.2, 0) is 23.9 Å². The van der Waals surface area contributed by atoms with Crippen LogP contribution >= 0.6 is 0 Å². The summed E-state index contributed by atoms with van der Waals surface area (Å²) in [5.74, 6) is 3.27. The molecule has 0 heterocycles. The van der Waals surface area contributed by atoms with Crippen LogP contribution in [0.1, 0.15) is 44.9 Å². The Hall–Kier alpha value is -2.56. The summed E-state index contributed by atoms with van der Waals surface area (Å²) < 4.78 is 5.05. The van der Waals surface area contributed by atoms with E-state index in [1.165, 1.54) is 12.0 Å². The maximum absolute atomic E-state index is 13.2. The fourth-order valence-corrected chi connectivity index (χ4v) is 5.84. The van der Waals surface area contributed by atoms with Crippen molar-refractivity contribution in [3.63, 3.8) is 0 Å². The van der Waals surface area contributed by atoms with Gasteiger partial charge in [0.05, 0.1) is 17.9 Å². The van der Waals surface area contributed by atoms with Crippen molar-refractivity contribution in [2.75, 3.05) is 21.2 Å². The molecule has 0 aromatic carbocycles. The molecule has 4 aliphatic carbocycles. The number of nitrogens with zero attached hydrogens (tertiary/aromatic N) is 1. The van der Waals surface area contributed by atoms with Crippen LogP contribution in [0.25, 0.3) is 0 Å². The summed E-state index contributed by atoms with van der Waals surface area (Å²) >= 11 is 0. The van der Waals surface area contributed by atoms with Gasteiger partial charge in [0.15, 0.2) is 0 Å². The Bertz CT molecular complexity index is 779. The van der Waals surface area contributed by atoms with Gasteiger partial charge in [-0.05, 0) is 56.3 Å². The maximum Gasteiger partial charge on any atom is 0.327 e. The molecule has 0 aromatic heterocycles. The molecular formula is C21H28N2O6. The molecule has 4 rings (SSSR count). The molecule has 2 N–H and O–H groups in total. The van der Waals surface area contributed by atoms with Crippen molar-refractivity contribution in [3.05, 3.63) is 0 Å². The van der Waals surface area contributed by atoms with Crippen LogP contribution in [0.4, 0.5) is 0 Å². The molecular weight excluding hydrogens is 376 g/mol. The van der Waals surface area contributed by atoms with E-state index in [4.69, 9.17) is 4.74 Å². The third-order valence-electron chi connectivity index (χ3n) is 6.67. The van der Waals surface area contributed by atoms with E-state index in [1.807, 2.05) is 0 Å². The SMILES string of the molecule is COC(=O)C12CC3CC(CC(C(=O)NC(CC#CC(=O)N(C)C)C(=O)O)(C3)C1)C2. The predicted molar refractivity (Wildman–Crippen MR) is 102 cm³/mol. The quantitative estimate of drug-likeness (QED) is 0.518. The summed E-state index contributed by atoms with van der Waals surface area (Å²) in [7, 11) is 4.48. The summed E-state index contributed by atoms with van der Waals surface area (Å²) in [6, 6.07) is -1.20. The van der Waals surface area contributed by atoms with Crippen molar-refractivity contribution in [1.82, 2.24) is 10.2 Å². The average Bonchev–Trinajstić information content (AvgIpc) is 2.64. The second-order valence-electron chi connectivity index (χ2n) is 9.08. The monoisotopic (exact) mass is 404 g/mol. The Morgan fingerprint density at radius 2 is 1.72 bits per heavy atom. The summed E-state index contributed by atoms with van der Waals surface area (Å²) in [6.07, 6.45) is 4.08. The highest BCUT2D eigenvalue weighted by molar-refractivity contribution is 5.93. The van der Waals surface area contributed by atoms with Gasteiger partial charge in [-0.3, -0.25) is 14.4 Å². The van der Waals surface area contributed by atoms with Gasteiger partial charge in [0.2, 0.25) is 5.91 Å². The van der Waals surface area contributed by atoms with E-state index >= 15 is 0 Å². The number of carbonyl (C=O) groups excluding carboxylic acids is 3. The standard InChI is InChI=1S/C21H28N2O6/c1-23(2)16(24)6-4-5-15(17(25)26)22-18(27)20-8-13-7-14(9-20)11-21(10-13,12-20)19(28)29-3/h13-15H,5,7-12H2,1-3H3,(H,22,27)(H,25,26). The molecule has 0 aliphatic heterocycles. The van der Waals surface area contributed by atoms with E-state index < -0.39 is 28.7 Å². The van der Waals surface area contributed by atoms with Gasteiger partial charge < -0.3 is 20.1 Å². The molecule has 4 aliphatic rings. The first kappa shape index (κ1) is 21.2. The number of aliphatic carboxylic acids is 1. The van der Waals surface area contributed by atoms with Gasteiger partial charge >= 0.3 is 11.9 Å². The first-order valence-electron chi connectivity index (χ1n) is 9.93. The fraction of sp³-hybridized carbons (Fsp3) is 0.714. The number of ether oxygens (including phenoxy) is 1. The van der Waals surface area contributed by atoms with Crippen molar-refractivity contribution in [2.45, 2.75) is 51.0 Å². The maximum atomic E-state index is 13.2. The molecule has 3 unspecified atom stereocenters. The number of hydrogen-bond donors (Lipinski definition) is 2. The topological polar surface area (TPSA) is 113 Å². The molecule has 0 saturated heterocycles. The number of carboxylic acids is 1. The van der Waals surface area contributed by atoms with Crippen LogP contribution in [0, 0.1) is 34.5 Å². The Morgan fingerprint density at radius 1 is 1.14 bits per heavy atom. The lowest BCUT2D eigenvalue weighted by Gasteiger charge is -2.59. The van der Waals surface area contributed by atoms with Crippen molar-refractivity contribution in [3.8, 4) is 11.8 Å². The predicted octanol–water partition coefficient (Wildman–Crippen LogP) is 0.797. The molecule has 4 saturated carbocycles. The van der Waals surface area contributed by atoms with E-state index in [1.54, 1.807) is 14.1 Å². The normalized spacial score (nSPS) is 32.5. The van der Waals surface area contributed by atoms with Crippen LogP contribution in [0.2, 0.25) is 0 Å². The number of carboxylic acid groups (broad SMARTS) is 1. The van der Waals surface area contributed by atoms with Crippen LogP contribution in [-0.4, -0.2) is 61.0 Å². The lowest BCUT2D eigenvalue weighted by atomic mass is 9.44. The number of rotatable bonds is 5. The minimum Gasteiger partial charge on any atom is -0.480 e. The largest absolute Gasteiger partial charge is 0.480 e. The number of esters is 1.